The fraction of sp³-hybridized carbons (Fsp3) is 0.647. The van der Waals surface area contributed by atoms with Crippen molar-refractivity contribution >= 4 is 11.6 Å². The minimum Gasteiger partial charge on any atom is -0.493 e. The molecule has 0 spiro atoms. The molecule has 3 rings (SSSR count). The number of hydrogen-bond acceptors (Lipinski definition) is 3. The van der Waals surface area contributed by atoms with Crippen molar-refractivity contribution in [2.45, 2.75) is 50.7 Å². The Morgan fingerprint density at radius 1 is 1.38 bits per heavy atom. The van der Waals surface area contributed by atoms with Crippen LogP contribution in [0.4, 0.5) is 0 Å². The van der Waals surface area contributed by atoms with Crippen LogP contribution in [0.25, 0.3) is 0 Å². The summed E-state index contributed by atoms with van der Waals surface area (Å²) in [6.07, 6.45) is 7.09. The minimum absolute atomic E-state index is 0.445. The van der Waals surface area contributed by atoms with E-state index < -0.39 is 0 Å². The van der Waals surface area contributed by atoms with Crippen molar-refractivity contribution in [1.29, 1.82) is 0 Å². The predicted octanol–water partition coefficient (Wildman–Crippen LogP) is 3.36. The summed E-state index contributed by atoms with van der Waals surface area (Å²) in [7, 11) is 2.03. The molecule has 1 N–H and O–H groups in total. The van der Waals surface area contributed by atoms with Crippen molar-refractivity contribution in [2.24, 2.45) is 0 Å². The van der Waals surface area contributed by atoms with Crippen LogP contribution in [0.15, 0.2) is 12.1 Å². The van der Waals surface area contributed by atoms with Gasteiger partial charge >= 0.3 is 0 Å². The smallest absolute Gasteiger partial charge is 0.125 e. The molecule has 1 aromatic rings. The molecule has 0 bridgehead atoms. The molecular weight excluding hydrogens is 286 g/mol. The quantitative estimate of drug-likeness (QED) is 0.874. The van der Waals surface area contributed by atoms with E-state index in [0.717, 1.165) is 49.7 Å². The molecule has 0 aliphatic carbocycles. The Balaban J connectivity index is 1.63. The van der Waals surface area contributed by atoms with Crippen molar-refractivity contribution in [3.8, 4) is 5.75 Å². The SMILES string of the molecule is CNC(CCC1CCCO1)Cc1cc(Cl)cc2c1OCC2. The summed E-state index contributed by atoms with van der Waals surface area (Å²) in [4.78, 5) is 0. The molecule has 2 aliphatic rings. The second-order valence-electron chi connectivity index (χ2n) is 6.05. The Hall–Kier alpha value is -0.770. The maximum Gasteiger partial charge on any atom is 0.125 e. The summed E-state index contributed by atoms with van der Waals surface area (Å²) >= 11 is 6.24. The zero-order valence-corrected chi connectivity index (χ0v) is 13.4. The van der Waals surface area contributed by atoms with Gasteiger partial charge in [0.1, 0.15) is 5.75 Å². The van der Waals surface area contributed by atoms with Crippen molar-refractivity contribution in [3.05, 3.63) is 28.3 Å². The van der Waals surface area contributed by atoms with Crippen LogP contribution in [-0.4, -0.2) is 32.4 Å². The number of fused-ring (bicyclic) bond motifs is 1. The van der Waals surface area contributed by atoms with E-state index in [1.165, 1.54) is 24.0 Å². The van der Waals surface area contributed by atoms with E-state index in [4.69, 9.17) is 21.1 Å². The van der Waals surface area contributed by atoms with Gasteiger partial charge in [0.25, 0.3) is 0 Å². The fourth-order valence-electron chi connectivity index (χ4n) is 3.37. The van der Waals surface area contributed by atoms with E-state index in [2.05, 4.69) is 11.4 Å². The van der Waals surface area contributed by atoms with Crippen LogP contribution in [-0.2, 0) is 17.6 Å². The molecule has 1 fully saturated rings. The second kappa shape index (κ2) is 6.99. The molecule has 4 heteroatoms. The molecule has 0 amide bonds. The third-order valence-corrected chi connectivity index (χ3v) is 4.78. The van der Waals surface area contributed by atoms with Gasteiger partial charge in [0.15, 0.2) is 0 Å². The summed E-state index contributed by atoms with van der Waals surface area (Å²) in [5.41, 5.74) is 2.49. The summed E-state index contributed by atoms with van der Waals surface area (Å²) in [6.45, 7) is 1.72. The lowest BCUT2D eigenvalue weighted by Crippen LogP contribution is -2.29. The average molecular weight is 310 g/mol. The van der Waals surface area contributed by atoms with E-state index in [9.17, 15) is 0 Å². The summed E-state index contributed by atoms with van der Waals surface area (Å²) in [6, 6.07) is 4.54. The first-order valence-electron chi connectivity index (χ1n) is 7.99. The van der Waals surface area contributed by atoms with Gasteiger partial charge in [-0.25, -0.2) is 0 Å². The van der Waals surface area contributed by atoms with Gasteiger partial charge in [-0.15, -0.1) is 0 Å². The monoisotopic (exact) mass is 309 g/mol. The van der Waals surface area contributed by atoms with E-state index >= 15 is 0 Å². The van der Waals surface area contributed by atoms with Crippen LogP contribution in [0.2, 0.25) is 5.02 Å². The first kappa shape index (κ1) is 15.1. The van der Waals surface area contributed by atoms with E-state index in [-0.39, 0.29) is 0 Å². The highest BCUT2D eigenvalue weighted by molar-refractivity contribution is 6.30. The van der Waals surface area contributed by atoms with Gasteiger partial charge < -0.3 is 14.8 Å². The van der Waals surface area contributed by atoms with E-state index in [1.807, 2.05) is 13.1 Å². The first-order chi connectivity index (χ1) is 10.3. The molecule has 21 heavy (non-hydrogen) atoms. The second-order valence-corrected chi connectivity index (χ2v) is 6.49. The van der Waals surface area contributed by atoms with Crippen molar-refractivity contribution in [1.82, 2.24) is 5.32 Å². The molecule has 116 valence electrons. The van der Waals surface area contributed by atoms with Crippen LogP contribution in [0.5, 0.6) is 5.75 Å². The van der Waals surface area contributed by atoms with Gasteiger partial charge in [-0.1, -0.05) is 11.6 Å². The lowest BCUT2D eigenvalue weighted by molar-refractivity contribution is 0.0998. The largest absolute Gasteiger partial charge is 0.493 e. The van der Waals surface area contributed by atoms with Crippen LogP contribution in [0.3, 0.4) is 0 Å². The average Bonchev–Trinajstić information content (AvgIpc) is 3.13. The zero-order valence-electron chi connectivity index (χ0n) is 12.7. The summed E-state index contributed by atoms with van der Waals surface area (Å²) in [5, 5.41) is 4.25. The van der Waals surface area contributed by atoms with Crippen LogP contribution in [0.1, 0.15) is 36.8 Å². The maximum absolute atomic E-state index is 6.24. The Morgan fingerprint density at radius 2 is 2.29 bits per heavy atom. The van der Waals surface area contributed by atoms with Gasteiger partial charge in [0.2, 0.25) is 0 Å². The van der Waals surface area contributed by atoms with Crippen LogP contribution < -0.4 is 10.1 Å². The highest BCUT2D eigenvalue weighted by Gasteiger charge is 2.21. The number of benzene rings is 1. The van der Waals surface area contributed by atoms with Gasteiger partial charge in [0, 0.05) is 24.1 Å². The van der Waals surface area contributed by atoms with Gasteiger partial charge in [-0.05, 0) is 62.4 Å². The molecule has 0 saturated carbocycles. The minimum atomic E-state index is 0.445. The number of ether oxygens (including phenoxy) is 2. The molecule has 3 nitrogen and oxygen atoms in total. The Labute approximate surface area is 132 Å². The van der Waals surface area contributed by atoms with Crippen molar-refractivity contribution in [3.63, 3.8) is 0 Å². The van der Waals surface area contributed by atoms with Crippen molar-refractivity contribution < 1.29 is 9.47 Å². The molecule has 2 aliphatic heterocycles. The maximum atomic E-state index is 6.24. The van der Waals surface area contributed by atoms with Crippen LogP contribution >= 0.6 is 11.6 Å². The molecular formula is C17H24ClNO2. The van der Waals surface area contributed by atoms with E-state index in [0.29, 0.717) is 12.1 Å². The van der Waals surface area contributed by atoms with Gasteiger partial charge in [-0.3, -0.25) is 0 Å². The lowest BCUT2D eigenvalue weighted by atomic mass is 9.97. The summed E-state index contributed by atoms with van der Waals surface area (Å²) < 4.78 is 11.5. The number of nitrogens with one attached hydrogen (secondary N) is 1. The zero-order chi connectivity index (χ0) is 14.7. The highest BCUT2D eigenvalue weighted by Crippen LogP contribution is 2.34. The fourth-order valence-corrected chi connectivity index (χ4v) is 3.63. The third-order valence-electron chi connectivity index (χ3n) is 4.56. The Kier molecular flexibility index (Phi) is 5.04. The van der Waals surface area contributed by atoms with Crippen LogP contribution in [0, 0.1) is 0 Å². The normalized spacial score (nSPS) is 22.1. The van der Waals surface area contributed by atoms with E-state index in [1.54, 1.807) is 0 Å². The number of rotatable bonds is 6. The molecule has 2 unspecified atom stereocenters. The Morgan fingerprint density at radius 3 is 3.05 bits per heavy atom. The number of hydrogen-bond donors (Lipinski definition) is 1. The van der Waals surface area contributed by atoms with Gasteiger partial charge in [-0.2, -0.15) is 0 Å². The Bertz CT molecular complexity index is 486. The molecule has 1 saturated heterocycles. The molecule has 0 radical (unpaired) electrons. The molecule has 2 heterocycles. The summed E-state index contributed by atoms with van der Waals surface area (Å²) in [5.74, 6) is 1.07. The third kappa shape index (κ3) is 3.71. The first-order valence-corrected chi connectivity index (χ1v) is 8.37. The highest BCUT2D eigenvalue weighted by atomic mass is 35.5. The molecule has 1 aromatic carbocycles. The van der Waals surface area contributed by atoms with Gasteiger partial charge in [0.05, 0.1) is 12.7 Å². The standard InChI is InChI=1S/C17H24ClNO2/c1-19-15(4-5-16-3-2-7-20-16)11-13-10-14(18)9-12-6-8-21-17(12)13/h9-10,15-16,19H,2-8,11H2,1H3. The predicted molar refractivity (Wildman–Crippen MR) is 85.4 cm³/mol. The number of likely N-dealkylation sites (N-methyl/N-ethyl adjacent to an activating group) is 1. The topological polar surface area (TPSA) is 30.5 Å². The lowest BCUT2D eigenvalue weighted by Gasteiger charge is -2.19. The molecule has 2 atom stereocenters. The number of halogens is 1. The van der Waals surface area contributed by atoms with Crippen molar-refractivity contribution in [2.75, 3.05) is 20.3 Å². The molecule has 0 aromatic heterocycles.